The maximum Gasteiger partial charge on any atom is 0.224 e. The number of carbonyl (C=O) groups is 1. The molecule has 1 amide bonds. The van der Waals surface area contributed by atoms with Gasteiger partial charge in [0.25, 0.3) is 0 Å². The van der Waals surface area contributed by atoms with Crippen LogP contribution in [0.1, 0.15) is 26.2 Å². The van der Waals surface area contributed by atoms with Gasteiger partial charge in [-0.1, -0.05) is 25.5 Å². The third-order valence-electron chi connectivity index (χ3n) is 7.50. The largest absolute Gasteiger partial charge is 0.384 e. The van der Waals surface area contributed by atoms with Crippen LogP contribution in [0.2, 0.25) is 0 Å². The number of anilines is 2. The highest BCUT2D eigenvalue weighted by Crippen LogP contribution is 2.35. The van der Waals surface area contributed by atoms with Crippen LogP contribution < -0.4 is 10.6 Å². The van der Waals surface area contributed by atoms with E-state index >= 15 is 0 Å². The first-order chi connectivity index (χ1) is 21.4. The van der Waals surface area contributed by atoms with Crippen molar-refractivity contribution in [3.8, 4) is 33.8 Å². The zero-order valence-electron chi connectivity index (χ0n) is 25.0. The minimum absolute atomic E-state index is 0.0282. The lowest BCUT2D eigenvalue weighted by atomic mass is 10.0. The lowest BCUT2D eigenvalue weighted by molar-refractivity contribution is -0.116. The number of nitrogens with one attached hydrogen (secondary N) is 4. The standard InChI is InChI=1S/C34H35FN8O/c1-4-5-9-32(44)38-25-16-22(19-36-20-25)28-10-11-30-33(40-28)34(42-41-30)31-18-27-26(7-6-8-29(27)39-31)21-14-23(35)17-24(15-21)37-12-13-43(2)3/h6-8,10-11,14-20,37,39H,4-5,9,12-13H2,1-3H3,(H,38,44)(H,41,42). The van der Waals surface area contributed by atoms with E-state index in [1.165, 1.54) is 6.07 Å². The van der Waals surface area contributed by atoms with Gasteiger partial charge in [-0.2, -0.15) is 5.10 Å². The first-order valence-electron chi connectivity index (χ1n) is 14.8. The number of carbonyl (C=O) groups excluding carboxylic acids is 1. The van der Waals surface area contributed by atoms with E-state index < -0.39 is 0 Å². The molecular weight excluding hydrogens is 555 g/mol. The second kappa shape index (κ2) is 12.6. The zero-order valence-corrected chi connectivity index (χ0v) is 25.0. The Morgan fingerprint density at radius 1 is 0.977 bits per heavy atom. The molecule has 44 heavy (non-hydrogen) atoms. The Hall–Kier alpha value is -5.09. The highest BCUT2D eigenvalue weighted by molar-refractivity contribution is 6.01. The summed E-state index contributed by atoms with van der Waals surface area (Å²) in [5.74, 6) is -0.323. The van der Waals surface area contributed by atoms with E-state index in [4.69, 9.17) is 4.98 Å². The van der Waals surface area contributed by atoms with Gasteiger partial charge in [0.1, 0.15) is 17.0 Å². The number of hydrogen-bond donors (Lipinski definition) is 4. The number of hydrogen-bond acceptors (Lipinski definition) is 6. The minimum atomic E-state index is -0.295. The number of amides is 1. The predicted molar refractivity (Wildman–Crippen MR) is 175 cm³/mol. The Bertz CT molecular complexity index is 1940. The lowest BCUT2D eigenvalue weighted by Gasteiger charge is -2.13. The van der Waals surface area contributed by atoms with Crippen LogP contribution in [-0.2, 0) is 4.79 Å². The number of H-pyrrole nitrogens is 2. The van der Waals surface area contributed by atoms with Crippen LogP contribution in [0.3, 0.4) is 0 Å². The minimum Gasteiger partial charge on any atom is -0.384 e. The fraction of sp³-hybridized carbons (Fsp3) is 0.235. The molecule has 6 aromatic rings. The first-order valence-corrected chi connectivity index (χ1v) is 14.8. The number of nitrogens with zero attached hydrogens (tertiary/aromatic N) is 4. The van der Waals surface area contributed by atoms with Crippen molar-refractivity contribution in [2.24, 2.45) is 0 Å². The van der Waals surface area contributed by atoms with Crippen molar-refractivity contribution < 1.29 is 9.18 Å². The number of aromatic nitrogens is 5. The molecule has 0 fully saturated rings. The molecule has 4 aromatic heterocycles. The van der Waals surface area contributed by atoms with Crippen LogP contribution in [0.5, 0.6) is 0 Å². The molecule has 0 saturated heterocycles. The Morgan fingerprint density at radius 3 is 2.68 bits per heavy atom. The van der Waals surface area contributed by atoms with Crippen LogP contribution in [0.15, 0.2) is 73.1 Å². The predicted octanol–water partition coefficient (Wildman–Crippen LogP) is 7.08. The summed E-state index contributed by atoms with van der Waals surface area (Å²) in [5.41, 5.74) is 8.43. The number of unbranched alkanes of at least 4 members (excludes halogenated alkanes) is 1. The summed E-state index contributed by atoms with van der Waals surface area (Å²) in [7, 11) is 4.01. The smallest absolute Gasteiger partial charge is 0.224 e. The van der Waals surface area contributed by atoms with Gasteiger partial charge in [-0.3, -0.25) is 14.9 Å². The second-order valence-electron chi connectivity index (χ2n) is 11.2. The number of aromatic amines is 2. The van der Waals surface area contributed by atoms with Crippen LogP contribution in [-0.4, -0.2) is 63.1 Å². The number of fused-ring (bicyclic) bond motifs is 2. The molecule has 0 aliphatic heterocycles. The first kappa shape index (κ1) is 29.0. The summed E-state index contributed by atoms with van der Waals surface area (Å²) in [6.07, 6.45) is 5.64. The molecule has 2 aromatic carbocycles. The van der Waals surface area contributed by atoms with Gasteiger partial charge in [0.15, 0.2) is 0 Å². The van der Waals surface area contributed by atoms with Gasteiger partial charge < -0.3 is 20.5 Å². The summed E-state index contributed by atoms with van der Waals surface area (Å²) in [6.45, 7) is 3.61. The molecule has 4 heterocycles. The summed E-state index contributed by atoms with van der Waals surface area (Å²) in [4.78, 5) is 27.1. The van der Waals surface area contributed by atoms with Crippen LogP contribution in [0, 0.1) is 5.82 Å². The maximum atomic E-state index is 14.7. The molecule has 224 valence electrons. The molecule has 9 nitrogen and oxygen atoms in total. The molecule has 0 aliphatic rings. The van der Waals surface area contributed by atoms with E-state index in [0.717, 1.165) is 63.9 Å². The molecule has 10 heteroatoms. The van der Waals surface area contributed by atoms with Gasteiger partial charge in [0.2, 0.25) is 5.91 Å². The summed E-state index contributed by atoms with van der Waals surface area (Å²) in [5, 5.41) is 14.9. The van der Waals surface area contributed by atoms with Crippen molar-refractivity contribution in [3.63, 3.8) is 0 Å². The summed E-state index contributed by atoms with van der Waals surface area (Å²) >= 11 is 0. The molecule has 4 N–H and O–H groups in total. The Kier molecular flexibility index (Phi) is 8.33. The van der Waals surface area contributed by atoms with Gasteiger partial charge >= 0.3 is 0 Å². The molecule has 0 atom stereocenters. The van der Waals surface area contributed by atoms with Crippen LogP contribution in [0.4, 0.5) is 15.8 Å². The van der Waals surface area contributed by atoms with Crippen molar-refractivity contribution >= 4 is 39.2 Å². The SMILES string of the molecule is CCCCC(=O)Nc1cncc(-c2ccc3[nH]nc(-c4cc5c(-c6cc(F)cc(NCCN(C)C)c6)cccc5[nH]4)c3n2)c1. The third kappa shape index (κ3) is 6.30. The van der Waals surface area contributed by atoms with Crippen LogP contribution >= 0.6 is 0 Å². The van der Waals surface area contributed by atoms with Crippen molar-refractivity contribution in [1.82, 2.24) is 30.0 Å². The van der Waals surface area contributed by atoms with E-state index in [9.17, 15) is 9.18 Å². The Morgan fingerprint density at radius 2 is 1.84 bits per heavy atom. The van der Waals surface area contributed by atoms with E-state index in [1.807, 2.05) is 62.6 Å². The van der Waals surface area contributed by atoms with Gasteiger partial charge in [-0.25, -0.2) is 9.37 Å². The van der Waals surface area contributed by atoms with E-state index in [2.05, 4.69) is 42.6 Å². The molecule has 0 radical (unpaired) electrons. The van der Waals surface area contributed by atoms with E-state index in [0.29, 0.717) is 35.6 Å². The topological polar surface area (TPSA) is 115 Å². The number of pyridine rings is 2. The molecule has 0 saturated carbocycles. The monoisotopic (exact) mass is 590 g/mol. The molecular formula is C34H35FN8O. The second-order valence-corrected chi connectivity index (χ2v) is 11.2. The van der Waals surface area contributed by atoms with Gasteiger partial charge in [0, 0.05) is 47.9 Å². The fourth-order valence-corrected chi connectivity index (χ4v) is 5.26. The van der Waals surface area contributed by atoms with Crippen molar-refractivity contribution in [2.75, 3.05) is 37.8 Å². The average molecular weight is 591 g/mol. The highest BCUT2D eigenvalue weighted by Gasteiger charge is 2.16. The summed E-state index contributed by atoms with van der Waals surface area (Å²) in [6, 6.07) is 18.8. The normalized spacial score (nSPS) is 11.5. The fourth-order valence-electron chi connectivity index (χ4n) is 5.26. The molecule has 0 aliphatic carbocycles. The number of likely N-dealkylation sites (N-methyl/N-ethyl adjacent to an activating group) is 1. The number of benzene rings is 2. The molecule has 0 spiro atoms. The molecule has 0 bridgehead atoms. The van der Waals surface area contributed by atoms with Crippen molar-refractivity contribution in [1.29, 1.82) is 0 Å². The summed E-state index contributed by atoms with van der Waals surface area (Å²) < 4.78 is 14.7. The van der Waals surface area contributed by atoms with E-state index in [-0.39, 0.29) is 11.7 Å². The third-order valence-corrected chi connectivity index (χ3v) is 7.50. The highest BCUT2D eigenvalue weighted by atomic mass is 19.1. The molecule has 0 unspecified atom stereocenters. The lowest BCUT2D eigenvalue weighted by Crippen LogP contribution is -2.20. The van der Waals surface area contributed by atoms with Gasteiger partial charge in [-0.15, -0.1) is 0 Å². The molecule has 6 rings (SSSR count). The number of rotatable bonds is 11. The van der Waals surface area contributed by atoms with Crippen LogP contribution in [0.25, 0.3) is 55.7 Å². The van der Waals surface area contributed by atoms with Crippen molar-refractivity contribution in [2.45, 2.75) is 26.2 Å². The van der Waals surface area contributed by atoms with E-state index in [1.54, 1.807) is 18.5 Å². The van der Waals surface area contributed by atoms with Gasteiger partial charge in [0.05, 0.1) is 28.8 Å². The average Bonchev–Trinajstić information content (AvgIpc) is 3.63. The van der Waals surface area contributed by atoms with Gasteiger partial charge in [-0.05, 0) is 80.2 Å². The Labute approximate surface area is 254 Å². The number of halogens is 1. The van der Waals surface area contributed by atoms with Crippen molar-refractivity contribution in [3.05, 3.63) is 78.9 Å². The Balaban J connectivity index is 1.33. The zero-order chi connectivity index (χ0) is 30.6. The quantitative estimate of drug-likeness (QED) is 0.128. The maximum absolute atomic E-state index is 14.7.